The summed E-state index contributed by atoms with van der Waals surface area (Å²) in [5.74, 6) is -0.352. The van der Waals surface area contributed by atoms with E-state index < -0.39 is 5.97 Å². The Morgan fingerprint density at radius 1 is 1.35 bits per heavy atom. The molecule has 20 heavy (non-hydrogen) atoms. The van der Waals surface area contributed by atoms with Crippen molar-refractivity contribution in [2.24, 2.45) is 0 Å². The van der Waals surface area contributed by atoms with Crippen molar-refractivity contribution in [1.29, 1.82) is 0 Å². The van der Waals surface area contributed by atoms with Crippen LogP contribution in [-0.4, -0.2) is 23.2 Å². The summed E-state index contributed by atoms with van der Waals surface area (Å²) in [5, 5.41) is 12.3. The van der Waals surface area contributed by atoms with Gasteiger partial charge in [-0.05, 0) is 30.2 Å². The third-order valence-electron chi connectivity index (χ3n) is 3.05. The Morgan fingerprint density at radius 2 is 2.15 bits per heavy atom. The molecule has 0 fully saturated rings. The molecule has 2 N–H and O–H groups in total. The smallest absolute Gasteiger partial charge is 0.336 e. The molecule has 1 aromatic heterocycles. The fourth-order valence-electron chi connectivity index (χ4n) is 1.89. The maximum absolute atomic E-state index is 11.1. The van der Waals surface area contributed by atoms with E-state index in [9.17, 15) is 4.79 Å². The summed E-state index contributed by atoms with van der Waals surface area (Å²) in [6.07, 6.45) is 1.72. The normalized spacial score (nSPS) is 10.1. The van der Waals surface area contributed by atoms with E-state index in [2.05, 4.69) is 10.3 Å². The number of anilines is 1. The predicted octanol–water partition coefficient (Wildman–Crippen LogP) is 2.71. The Balaban J connectivity index is 2.10. The number of nitrogens with one attached hydrogen (secondary N) is 1. The molecule has 0 radical (unpaired) electrons. The molecule has 2 rings (SSSR count). The van der Waals surface area contributed by atoms with Gasteiger partial charge in [0.25, 0.3) is 0 Å². The number of nitrogens with zero attached hydrogens (tertiary/aromatic N) is 1. The van der Waals surface area contributed by atoms with Crippen molar-refractivity contribution in [3.05, 3.63) is 53.2 Å². The highest BCUT2D eigenvalue weighted by atomic mass is 16.5. The number of hydrogen-bond donors (Lipinski definition) is 2. The lowest BCUT2D eigenvalue weighted by Gasteiger charge is -2.11. The number of aromatic nitrogens is 1. The highest BCUT2D eigenvalue weighted by Crippen LogP contribution is 2.20. The lowest BCUT2D eigenvalue weighted by Crippen LogP contribution is -2.06. The Morgan fingerprint density at radius 3 is 2.75 bits per heavy atom. The van der Waals surface area contributed by atoms with Crippen LogP contribution in [0, 0.1) is 6.92 Å². The number of benzene rings is 1. The van der Waals surface area contributed by atoms with E-state index in [1.165, 1.54) is 0 Å². The van der Waals surface area contributed by atoms with Crippen LogP contribution in [-0.2, 0) is 6.54 Å². The van der Waals surface area contributed by atoms with E-state index in [0.29, 0.717) is 18.0 Å². The van der Waals surface area contributed by atoms with Crippen LogP contribution in [0.25, 0.3) is 0 Å². The molecule has 104 valence electrons. The summed E-state index contributed by atoms with van der Waals surface area (Å²) in [7, 11) is 1.57. The molecule has 0 saturated carbocycles. The fourth-order valence-corrected chi connectivity index (χ4v) is 1.89. The zero-order chi connectivity index (χ0) is 14.5. The molecule has 0 bridgehead atoms. The maximum Gasteiger partial charge on any atom is 0.336 e. The summed E-state index contributed by atoms with van der Waals surface area (Å²) in [6, 6.07) is 8.88. The molecule has 0 saturated heterocycles. The maximum atomic E-state index is 11.1. The molecular formula is C15H16N2O3. The molecule has 5 heteroatoms. The second-order valence-corrected chi connectivity index (χ2v) is 4.35. The molecule has 0 aliphatic carbocycles. The molecule has 2 aromatic rings. The van der Waals surface area contributed by atoms with Gasteiger partial charge in [0.2, 0.25) is 5.88 Å². The molecule has 1 aromatic carbocycles. The second kappa shape index (κ2) is 6.06. The average molecular weight is 272 g/mol. The van der Waals surface area contributed by atoms with Gasteiger partial charge in [0, 0.05) is 24.5 Å². The van der Waals surface area contributed by atoms with Crippen LogP contribution in [0.15, 0.2) is 36.5 Å². The monoisotopic (exact) mass is 272 g/mol. The first-order chi connectivity index (χ1) is 9.61. The van der Waals surface area contributed by atoms with Gasteiger partial charge in [-0.2, -0.15) is 0 Å². The van der Waals surface area contributed by atoms with Crippen molar-refractivity contribution in [3.8, 4) is 5.88 Å². The SMILES string of the molecule is COc1ccc(CNc2cccc(C(=O)O)c2C)cn1. The predicted molar refractivity (Wildman–Crippen MR) is 76.3 cm³/mol. The van der Waals surface area contributed by atoms with Crippen LogP contribution in [0.3, 0.4) is 0 Å². The lowest BCUT2D eigenvalue weighted by molar-refractivity contribution is 0.0696. The Bertz CT molecular complexity index is 609. The van der Waals surface area contributed by atoms with Gasteiger partial charge in [-0.25, -0.2) is 9.78 Å². The topological polar surface area (TPSA) is 71.5 Å². The first kappa shape index (κ1) is 13.9. The van der Waals surface area contributed by atoms with Crippen LogP contribution in [0.2, 0.25) is 0 Å². The van der Waals surface area contributed by atoms with Crippen LogP contribution in [0.5, 0.6) is 5.88 Å². The van der Waals surface area contributed by atoms with Gasteiger partial charge in [0.15, 0.2) is 0 Å². The van der Waals surface area contributed by atoms with Crippen LogP contribution in [0.1, 0.15) is 21.5 Å². The zero-order valence-corrected chi connectivity index (χ0v) is 11.4. The minimum atomic E-state index is -0.919. The molecule has 0 spiro atoms. The van der Waals surface area contributed by atoms with Gasteiger partial charge in [-0.3, -0.25) is 0 Å². The molecule has 5 nitrogen and oxygen atoms in total. The van der Waals surface area contributed by atoms with Gasteiger partial charge in [-0.15, -0.1) is 0 Å². The van der Waals surface area contributed by atoms with Gasteiger partial charge in [0.1, 0.15) is 0 Å². The standard InChI is InChI=1S/C15H16N2O3/c1-10-12(15(18)19)4-3-5-13(10)16-8-11-6-7-14(20-2)17-9-11/h3-7,9,16H,8H2,1-2H3,(H,18,19). The Kier molecular flexibility index (Phi) is 4.20. The zero-order valence-electron chi connectivity index (χ0n) is 11.4. The van der Waals surface area contributed by atoms with Gasteiger partial charge < -0.3 is 15.2 Å². The molecule has 0 amide bonds. The van der Waals surface area contributed by atoms with E-state index in [1.807, 2.05) is 12.1 Å². The quantitative estimate of drug-likeness (QED) is 0.875. The Labute approximate surface area is 117 Å². The van der Waals surface area contributed by atoms with Gasteiger partial charge in [-0.1, -0.05) is 12.1 Å². The highest BCUT2D eigenvalue weighted by Gasteiger charge is 2.09. The van der Waals surface area contributed by atoms with E-state index in [-0.39, 0.29) is 0 Å². The summed E-state index contributed by atoms with van der Waals surface area (Å²) >= 11 is 0. The van der Waals surface area contributed by atoms with Crippen molar-refractivity contribution in [2.75, 3.05) is 12.4 Å². The van der Waals surface area contributed by atoms with Crippen LogP contribution < -0.4 is 10.1 Å². The molecule has 0 aliphatic rings. The number of ether oxygens (including phenoxy) is 1. The van der Waals surface area contributed by atoms with Crippen molar-refractivity contribution in [3.63, 3.8) is 0 Å². The number of carboxylic acid groups (broad SMARTS) is 1. The van der Waals surface area contributed by atoms with Crippen LogP contribution >= 0.6 is 0 Å². The van der Waals surface area contributed by atoms with Gasteiger partial charge >= 0.3 is 5.97 Å². The fraction of sp³-hybridized carbons (Fsp3) is 0.200. The van der Waals surface area contributed by atoms with Crippen molar-refractivity contribution >= 4 is 11.7 Å². The number of carboxylic acids is 1. The minimum Gasteiger partial charge on any atom is -0.481 e. The van der Waals surface area contributed by atoms with Crippen molar-refractivity contribution < 1.29 is 14.6 Å². The number of aromatic carboxylic acids is 1. The number of carbonyl (C=O) groups is 1. The molecule has 0 atom stereocenters. The van der Waals surface area contributed by atoms with Gasteiger partial charge in [0.05, 0.1) is 12.7 Å². The Hall–Kier alpha value is -2.56. The van der Waals surface area contributed by atoms with E-state index >= 15 is 0 Å². The lowest BCUT2D eigenvalue weighted by atomic mass is 10.1. The first-order valence-corrected chi connectivity index (χ1v) is 6.17. The number of pyridine rings is 1. The molecule has 0 aliphatic heterocycles. The largest absolute Gasteiger partial charge is 0.481 e. The summed E-state index contributed by atoms with van der Waals surface area (Å²) in [6.45, 7) is 2.36. The van der Waals surface area contributed by atoms with E-state index in [0.717, 1.165) is 16.8 Å². The first-order valence-electron chi connectivity index (χ1n) is 6.17. The molecule has 1 heterocycles. The number of methoxy groups -OCH3 is 1. The van der Waals surface area contributed by atoms with E-state index in [1.54, 1.807) is 38.4 Å². The summed E-state index contributed by atoms with van der Waals surface area (Å²) in [4.78, 5) is 15.2. The second-order valence-electron chi connectivity index (χ2n) is 4.35. The average Bonchev–Trinajstić information content (AvgIpc) is 2.46. The number of hydrogen-bond acceptors (Lipinski definition) is 4. The van der Waals surface area contributed by atoms with E-state index in [4.69, 9.17) is 9.84 Å². The summed E-state index contributed by atoms with van der Waals surface area (Å²) in [5.41, 5.74) is 2.83. The third-order valence-corrected chi connectivity index (χ3v) is 3.05. The van der Waals surface area contributed by atoms with Crippen molar-refractivity contribution in [1.82, 2.24) is 4.98 Å². The van der Waals surface area contributed by atoms with Crippen molar-refractivity contribution in [2.45, 2.75) is 13.5 Å². The molecule has 0 unspecified atom stereocenters. The summed E-state index contributed by atoms with van der Waals surface area (Å²) < 4.78 is 5.00. The number of rotatable bonds is 5. The molecular weight excluding hydrogens is 256 g/mol. The third kappa shape index (κ3) is 3.06. The highest BCUT2D eigenvalue weighted by molar-refractivity contribution is 5.91. The minimum absolute atomic E-state index is 0.308. The van der Waals surface area contributed by atoms with Crippen LogP contribution in [0.4, 0.5) is 5.69 Å².